The molecule has 2 aromatic carbocycles. The molecule has 27 heavy (non-hydrogen) atoms. The van der Waals surface area contributed by atoms with Gasteiger partial charge in [-0.05, 0) is 36.2 Å². The van der Waals surface area contributed by atoms with E-state index in [2.05, 4.69) is 16.0 Å². The molecule has 0 saturated heterocycles. The lowest BCUT2D eigenvalue weighted by atomic mass is 10.0. The molecule has 0 amide bonds. The van der Waals surface area contributed by atoms with Crippen molar-refractivity contribution < 1.29 is 9.90 Å². The first-order valence-electron chi connectivity index (χ1n) is 8.28. The van der Waals surface area contributed by atoms with E-state index in [-0.39, 0.29) is 5.56 Å². The quantitative estimate of drug-likeness (QED) is 0.384. The second kappa shape index (κ2) is 6.51. The second-order valence-electron chi connectivity index (χ2n) is 6.68. The van der Waals surface area contributed by atoms with Crippen molar-refractivity contribution in [3.05, 3.63) is 58.2 Å². The Kier molecular flexibility index (Phi) is 4.28. The molecule has 2 N–H and O–H groups in total. The SMILES string of the molecule is CC(C)(Sc1nc2scc(-c3ccc4ccccc4c3)c2c(=O)[nH]1)C(=O)O. The van der Waals surface area contributed by atoms with Gasteiger partial charge < -0.3 is 10.1 Å². The highest BCUT2D eigenvalue weighted by Crippen LogP contribution is 2.35. The average Bonchev–Trinajstić information content (AvgIpc) is 3.05. The molecule has 0 aliphatic rings. The summed E-state index contributed by atoms with van der Waals surface area (Å²) in [5.41, 5.74) is 1.54. The van der Waals surface area contributed by atoms with Crippen LogP contribution in [0.5, 0.6) is 0 Å². The van der Waals surface area contributed by atoms with Gasteiger partial charge in [-0.15, -0.1) is 11.3 Å². The third kappa shape index (κ3) is 3.24. The van der Waals surface area contributed by atoms with E-state index in [1.807, 2.05) is 41.8 Å². The van der Waals surface area contributed by atoms with Crippen LogP contribution in [-0.4, -0.2) is 25.8 Å². The fourth-order valence-electron chi connectivity index (χ4n) is 2.83. The van der Waals surface area contributed by atoms with Crippen molar-refractivity contribution in [1.82, 2.24) is 9.97 Å². The number of nitrogens with zero attached hydrogens (tertiary/aromatic N) is 1. The number of nitrogens with one attached hydrogen (secondary N) is 1. The highest BCUT2D eigenvalue weighted by molar-refractivity contribution is 8.01. The highest BCUT2D eigenvalue weighted by Gasteiger charge is 2.30. The lowest BCUT2D eigenvalue weighted by Crippen LogP contribution is -2.27. The van der Waals surface area contributed by atoms with Crippen molar-refractivity contribution in [1.29, 1.82) is 0 Å². The number of aliphatic carboxylic acids is 1. The van der Waals surface area contributed by atoms with Crippen LogP contribution in [0.15, 0.2) is 57.8 Å². The Morgan fingerprint density at radius 2 is 1.93 bits per heavy atom. The number of H-pyrrole nitrogens is 1. The number of aromatic nitrogens is 2. The first kappa shape index (κ1) is 17.8. The van der Waals surface area contributed by atoms with Gasteiger partial charge in [0.25, 0.3) is 5.56 Å². The average molecular weight is 396 g/mol. The zero-order valence-corrected chi connectivity index (χ0v) is 16.3. The van der Waals surface area contributed by atoms with E-state index in [9.17, 15) is 14.7 Å². The Labute approximate surface area is 163 Å². The van der Waals surface area contributed by atoms with E-state index < -0.39 is 10.7 Å². The lowest BCUT2D eigenvalue weighted by molar-refractivity contribution is -0.138. The van der Waals surface area contributed by atoms with E-state index in [1.165, 1.54) is 11.3 Å². The van der Waals surface area contributed by atoms with Gasteiger partial charge in [-0.25, -0.2) is 4.98 Å². The topological polar surface area (TPSA) is 83.0 Å². The molecule has 2 heterocycles. The Balaban J connectivity index is 1.81. The molecule has 0 saturated carbocycles. The van der Waals surface area contributed by atoms with Gasteiger partial charge in [-0.3, -0.25) is 9.59 Å². The predicted octanol–water partition coefficient (Wildman–Crippen LogP) is 4.76. The summed E-state index contributed by atoms with van der Waals surface area (Å²) in [6, 6.07) is 14.2. The number of hydrogen-bond donors (Lipinski definition) is 2. The summed E-state index contributed by atoms with van der Waals surface area (Å²) in [6.07, 6.45) is 0. The van der Waals surface area contributed by atoms with Crippen molar-refractivity contribution in [2.24, 2.45) is 0 Å². The van der Waals surface area contributed by atoms with Crippen molar-refractivity contribution >= 4 is 50.1 Å². The van der Waals surface area contributed by atoms with Gasteiger partial charge in [0.2, 0.25) is 0 Å². The van der Waals surface area contributed by atoms with E-state index in [0.717, 1.165) is 33.7 Å². The summed E-state index contributed by atoms with van der Waals surface area (Å²) in [5.74, 6) is -0.960. The van der Waals surface area contributed by atoms with Crippen molar-refractivity contribution in [3.8, 4) is 11.1 Å². The normalized spacial score (nSPS) is 11.9. The summed E-state index contributed by atoms with van der Waals surface area (Å²) >= 11 is 2.42. The smallest absolute Gasteiger partial charge is 0.319 e. The summed E-state index contributed by atoms with van der Waals surface area (Å²) in [7, 11) is 0. The molecule has 0 aliphatic carbocycles. The second-order valence-corrected chi connectivity index (χ2v) is 9.15. The largest absolute Gasteiger partial charge is 0.480 e. The molecule has 4 aromatic rings. The first-order chi connectivity index (χ1) is 12.8. The maximum Gasteiger partial charge on any atom is 0.319 e. The molecule has 4 rings (SSSR count). The predicted molar refractivity (Wildman–Crippen MR) is 111 cm³/mol. The van der Waals surface area contributed by atoms with Gasteiger partial charge in [0.05, 0.1) is 5.39 Å². The third-order valence-corrected chi connectivity index (χ3v) is 6.29. The number of carbonyl (C=O) groups is 1. The van der Waals surface area contributed by atoms with Crippen molar-refractivity contribution in [3.63, 3.8) is 0 Å². The Morgan fingerprint density at radius 3 is 2.67 bits per heavy atom. The number of benzene rings is 2. The number of thiophene rings is 1. The maximum absolute atomic E-state index is 12.7. The van der Waals surface area contributed by atoms with Crippen LogP contribution in [0.25, 0.3) is 32.1 Å². The monoisotopic (exact) mass is 396 g/mol. The van der Waals surface area contributed by atoms with Crippen LogP contribution >= 0.6 is 23.1 Å². The van der Waals surface area contributed by atoms with Gasteiger partial charge in [-0.1, -0.05) is 48.2 Å². The Morgan fingerprint density at radius 1 is 1.19 bits per heavy atom. The summed E-state index contributed by atoms with van der Waals surface area (Å²) in [6.45, 7) is 3.16. The van der Waals surface area contributed by atoms with E-state index >= 15 is 0 Å². The molecule has 7 heteroatoms. The molecule has 5 nitrogen and oxygen atoms in total. The van der Waals surface area contributed by atoms with E-state index in [1.54, 1.807) is 13.8 Å². The van der Waals surface area contributed by atoms with Crippen LogP contribution in [0.4, 0.5) is 0 Å². The number of carboxylic acids is 1. The molecule has 0 spiro atoms. The van der Waals surface area contributed by atoms with Gasteiger partial charge in [0, 0.05) is 10.9 Å². The van der Waals surface area contributed by atoms with Crippen LogP contribution in [0.2, 0.25) is 0 Å². The number of carboxylic acid groups (broad SMARTS) is 1. The number of hydrogen-bond acceptors (Lipinski definition) is 5. The number of fused-ring (bicyclic) bond motifs is 2. The van der Waals surface area contributed by atoms with Crippen LogP contribution in [0.1, 0.15) is 13.8 Å². The minimum atomic E-state index is -1.08. The fourth-order valence-corrected chi connectivity index (χ4v) is 4.69. The lowest BCUT2D eigenvalue weighted by Gasteiger charge is -2.16. The van der Waals surface area contributed by atoms with Crippen molar-refractivity contribution in [2.75, 3.05) is 0 Å². The molecule has 2 aromatic heterocycles. The third-order valence-electron chi connectivity index (χ3n) is 4.35. The van der Waals surface area contributed by atoms with Crippen LogP contribution in [0.3, 0.4) is 0 Å². The molecular weight excluding hydrogens is 380 g/mol. The van der Waals surface area contributed by atoms with Gasteiger partial charge in [0.15, 0.2) is 5.16 Å². The minimum Gasteiger partial charge on any atom is -0.480 e. The summed E-state index contributed by atoms with van der Waals surface area (Å²) < 4.78 is -1.08. The molecule has 136 valence electrons. The Bertz CT molecular complexity index is 1240. The standard InChI is InChI=1S/C20H16N2O3S2/c1-20(2,18(24)25)27-19-21-16(23)15-14(10-26-17(15)22-19)13-8-7-11-5-3-4-6-12(11)9-13/h3-10H,1-2H3,(H,24,25)(H,21,22,23). The minimum absolute atomic E-state index is 0.256. The Hall–Kier alpha value is -2.64. The molecule has 0 bridgehead atoms. The summed E-state index contributed by atoms with van der Waals surface area (Å²) in [4.78, 5) is 31.9. The van der Waals surface area contributed by atoms with Gasteiger partial charge >= 0.3 is 5.97 Å². The molecular formula is C20H16N2O3S2. The highest BCUT2D eigenvalue weighted by atomic mass is 32.2. The number of rotatable bonds is 4. The van der Waals surface area contributed by atoms with Crippen LogP contribution < -0.4 is 5.56 Å². The zero-order chi connectivity index (χ0) is 19.2. The zero-order valence-electron chi connectivity index (χ0n) is 14.6. The van der Waals surface area contributed by atoms with E-state index in [4.69, 9.17) is 0 Å². The fraction of sp³-hybridized carbons (Fsp3) is 0.150. The molecule has 0 aliphatic heterocycles. The number of aromatic amines is 1. The molecule has 0 atom stereocenters. The first-order valence-corrected chi connectivity index (χ1v) is 9.98. The molecule has 0 radical (unpaired) electrons. The molecule has 0 fully saturated rings. The number of thioether (sulfide) groups is 1. The summed E-state index contributed by atoms with van der Waals surface area (Å²) in [5, 5.41) is 14.3. The van der Waals surface area contributed by atoms with Crippen LogP contribution in [0, 0.1) is 0 Å². The van der Waals surface area contributed by atoms with Crippen LogP contribution in [-0.2, 0) is 4.79 Å². The van der Waals surface area contributed by atoms with Crippen molar-refractivity contribution in [2.45, 2.75) is 23.8 Å². The maximum atomic E-state index is 12.7. The van der Waals surface area contributed by atoms with Gasteiger partial charge in [0.1, 0.15) is 9.58 Å². The molecule has 0 unspecified atom stereocenters. The van der Waals surface area contributed by atoms with E-state index in [0.29, 0.717) is 15.4 Å². The van der Waals surface area contributed by atoms with Gasteiger partial charge in [-0.2, -0.15) is 0 Å².